The third kappa shape index (κ3) is 2.88. The van der Waals surface area contributed by atoms with Crippen molar-refractivity contribution in [2.24, 2.45) is 0 Å². The smallest absolute Gasteiger partial charge is 0.339 e. The minimum Gasteiger partial charge on any atom is -0.478 e. The van der Waals surface area contributed by atoms with Crippen LogP contribution < -0.4 is 5.32 Å². The Labute approximate surface area is 134 Å². The highest BCUT2D eigenvalue weighted by atomic mass is 16.5. The van der Waals surface area contributed by atoms with Gasteiger partial charge in [-0.05, 0) is 26.2 Å². The highest BCUT2D eigenvalue weighted by Gasteiger charge is 2.24. The fraction of sp³-hybridized carbons (Fsp3) is 0.562. The number of aryl methyl sites for hydroxylation is 2. The molecule has 1 aliphatic heterocycles. The van der Waals surface area contributed by atoms with E-state index < -0.39 is 5.97 Å². The third-order valence-electron chi connectivity index (χ3n) is 4.28. The fourth-order valence-electron chi connectivity index (χ4n) is 3.05. The Morgan fingerprint density at radius 3 is 2.78 bits per heavy atom. The lowest BCUT2D eigenvalue weighted by atomic mass is 10.0. The predicted molar refractivity (Wildman–Crippen MR) is 87.0 cm³/mol. The molecular weight excluding hydrogens is 296 g/mol. The Balaban J connectivity index is 2.15. The van der Waals surface area contributed by atoms with Crippen LogP contribution in [-0.2, 0) is 17.7 Å². The number of fused-ring (bicyclic) bond motifs is 1. The van der Waals surface area contributed by atoms with Crippen molar-refractivity contribution >= 4 is 22.7 Å². The molecule has 2 aromatic rings. The monoisotopic (exact) mass is 318 g/mol. The molecule has 0 unspecified atom stereocenters. The quantitative estimate of drug-likeness (QED) is 0.879. The summed E-state index contributed by atoms with van der Waals surface area (Å²) in [5.41, 5.74) is 2.24. The van der Waals surface area contributed by atoms with E-state index in [0.29, 0.717) is 37.6 Å². The molecule has 0 atom stereocenters. The maximum absolute atomic E-state index is 11.8. The number of anilines is 1. The van der Waals surface area contributed by atoms with Crippen molar-refractivity contribution < 1.29 is 14.6 Å². The van der Waals surface area contributed by atoms with Crippen molar-refractivity contribution in [1.29, 1.82) is 0 Å². The molecule has 7 nitrogen and oxygen atoms in total. The zero-order valence-electron chi connectivity index (χ0n) is 13.5. The number of rotatable bonds is 5. The van der Waals surface area contributed by atoms with Gasteiger partial charge in [-0.25, -0.2) is 14.5 Å². The van der Waals surface area contributed by atoms with Crippen LogP contribution in [-0.4, -0.2) is 45.1 Å². The SMILES string of the molecule is CCc1nc2c(cnn2CC)c(NC2CCOCC2)c1C(=O)O. The summed E-state index contributed by atoms with van der Waals surface area (Å²) >= 11 is 0. The van der Waals surface area contributed by atoms with Gasteiger partial charge in [0, 0.05) is 25.8 Å². The number of carboxylic acids is 1. The fourth-order valence-corrected chi connectivity index (χ4v) is 3.05. The van der Waals surface area contributed by atoms with E-state index in [1.807, 2.05) is 13.8 Å². The van der Waals surface area contributed by atoms with E-state index in [9.17, 15) is 9.90 Å². The average Bonchev–Trinajstić information content (AvgIpc) is 2.98. The van der Waals surface area contributed by atoms with Gasteiger partial charge in [0.15, 0.2) is 5.65 Å². The van der Waals surface area contributed by atoms with Crippen molar-refractivity contribution in [3.8, 4) is 0 Å². The van der Waals surface area contributed by atoms with Crippen LogP contribution in [0.5, 0.6) is 0 Å². The minimum atomic E-state index is -0.949. The van der Waals surface area contributed by atoms with Crippen LogP contribution in [0.4, 0.5) is 5.69 Å². The number of pyridine rings is 1. The minimum absolute atomic E-state index is 0.210. The summed E-state index contributed by atoms with van der Waals surface area (Å²) in [6.45, 7) is 6.01. The Hall–Kier alpha value is -2.15. The first-order valence-electron chi connectivity index (χ1n) is 8.11. The Kier molecular flexibility index (Phi) is 4.47. The largest absolute Gasteiger partial charge is 0.478 e. The second-order valence-electron chi connectivity index (χ2n) is 5.70. The first-order chi connectivity index (χ1) is 11.2. The van der Waals surface area contributed by atoms with Gasteiger partial charge < -0.3 is 15.2 Å². The van der Waals surface area contributed by atoms with Gasteiger partial charge in [0.2, 0.25) is 0 Å². The van der Waals surface area contributed by atoms with Crippen molar-refractivity contribution in [3.63, 3.8) is 0 Å². The highest BCUT2D eigenvalue weighted by Crippen LogP contribution is 2.31. The lowest BCUT2D eigenvalue weighted by Gasteiger charge is -2.25. The van der Waals surface area contributed by atoms with E-state index in [1.165, 1.54) is 0 Å². The summed E-state index contributed by atoms with van der Waals surface area (Å²) in [6, 6.07) is 0.210. The molecule has 1 saturated heterocycles. The van der Waals surface area contributed by atoms with Crippen LogP contribution in [0.3, 0.4) is 0 Å². The third-order valence-corrected chi connectivity index (χ3v) is 4.28. The lowest BCUT2D eigenvalue weighted by molar-refractivity contribution is 0.0696. The summed E-state index contributed by atoms with van der Waals surface area (Å²) < 4.78 is 7.18. The van der Waals surface area contributed by atoms with E-state index in [2.05, 4.69) is 15.4 Å². The molecule has 7 heteroatoms. The molecule has 124 valence electrons. The first-order valence-corrected chi connectivity index (χ1v) is 8.11. The second kappa shape index (κ2) is 6.54. The van der Waals surface area contributed by atoms with Gasteiger partial charge in [0.1, 0.15) is 5.56 Å². The maximum Gasteiger partial charge on any atom is 0.339 e. The van der Waals surface area contributed by atoms with Crippen molar-refractivity contribution in [2.75, 3.05) is 18.5 Å². The van der Waals surface area contributed by atoms with E-state index in [4.69, 9.17) is 4.74 Å². The van der Waals surface area contributed by atoms with Gasteiger partial charge in [0.25, 0.3) is 0 Å². The van der Waals surface area contributed by atoms with Gasteiger partial charge in [-0.2, -0.15) is 5.10 Å². The molecule has 0 radical (unpaired) electrons. The number of ether oxygens (including phenoxy) is 1. The van der Waals surface area contributed by atoms with E-state index in [1.54, 1.807) is 10.9 Å². The molecule has 0 saturated carbocycles. The number of carbonyl (C=O) groups is 1. The van der Waals surface area contributed by atoms with Crippen LogP contribution in [0, 0.1) is 0 Å². The van der Waals surface area contributed by atoms with Gasteiger partial charge in [-0.1, -0.05) is 6.92 Å². The first kappa shape index (κ1) is 15.7. The van der Waals surface area contributed by atoms with Crippen molar-refractivity contribution in [3.05, 3.63) is 17.5 Å². The van der Waals surface area contributed by atoms with Crippen LogP contribution in [0.15, 0.2) is 6.20 Å². The maximum atomic E-state index is 11.8. The van der Waals surface area contributed by atoms with Crippen LogP contribution in [0.25, 0.3) is 11.0 Å². The molecule has 0 aliphatic carbocycles. The van der Waals surface area contributed by atoms with Crippen molar-refractivity contribution in [1.82, 2.24) is 14.8 Å². The molecule has 3 heterocycles. The predicted octanol–water partition coefficient (Wildman–Crippen LogP) is 2.30. The summed E-state index contributed by atoms with van der Waals surface area (Å²) in [4.78, 5) is 16.4. The van der Waals surface area contributed by atoms with Crippen LogP contribution in [0.1, 0.15) is 42.7 Å². The second-order valence-corrected chi connectivity index (χ2v) is 5.70. The Bertz CT molecular complexity index is 720. The number of aromatic carboxylic acids is 1. The van der Waals surface area contributed by atoms with Gasteiger partial charge in [0.05, 0.1) is 23.0 Å². The number of aromatic nitrogens is 3. The normalized spacial score (nSPS) is 15.9. The Morgan fingerprint density at radius 2 is 2.17 bits per heavy atom. The van der Waals surface area contributed by atoms with E-state index in [-0.39, 0.29) is 11.6 Å². The molecule has 0 bridgehead atoms. The summed E-state index contributed by atoms with van der Waals surface area (Å²) in [7, 11) is 0. The topological polar surface area (TPSA) is 89.3 Å². The number of carboxylic acid groups (broad SMARTS) is 1. The summed E-state index contributed by atoms with van der Waals surface area (Å²) in [5, 5.41) is 18.2. The number of hydrogen-bond acceptors (Lipinski definition) is 5. The standard InChI is InChI=1S/C16H22N4O3/c1-3-12-13(16(21)22)14(18-10-5-7-23-8-6-10)11-9-17-20(4-2)15(11)19-12/h9-10H,3-8H2,1-2H3,(H,18,19)(H,21,22). The zero-order valence-corrected chi connectivity index (χ0v) is 13.5. The average molecular weight is 318 g/mol. The number of hydrogen-bond donors (Lipinski definition) is 2. The molecule has 0 amide bonds. The van der Waals surface area contributed by atoms with Crippen molar-refractivity contribution in [2.45, 2.75) is 45.7 Å². The molecular formula is C16H22N4O3. The molecule has 2 N–H and O–H groups in total. The lowest BCUT2D eigenvalue weighted by Crippen LogP contribution is -2.29. The van der Waals surface area contributed by atoms with Gasteiger partial charge in [-0.3, -0.25) is 0 Å². The molecule has 1 aliphatic rings. The molecule has 23 heavy (non-hydrogen) atoms. The molecule has 0 spiro atoms. The highest BCUT2D eigenvalue weighted by molar-refractivity contribution is 6.04. The van der Waals surface area contributed by atoms with E-state index in [0.717, 1.165) is 23.9 Å². The van der Waals surface area contributed by atoms with Gasteiger partial charge >= 0.3 is 5.97 Å². The number of nitrogens with one attached hydrogen (secondary N) is 1. The van der Waals surface area contributed by atoms with Crippen LogP contribution >= 0.6 is 0 Å². The summed E-state index contributed by atoms with van der Waals surface area (Å²) in [6.07, 6.45) is 4.01. The molecule has 2 aromatic heterocycles. The zero-order chi connectivity index (χ0) is 16.4. The van der Waals surface area contributed by atoms with Gasteiger partial charge in [-0.15, -0.1) is 0 Å². The summed E-state index contributed by atoms with van der Waals surface area (Å²) in [5.74, 6) is -0.949. The van der Waals surface area contributed by atoms with Crippen LogP contribution in [0.2, 0.25) is 0 Å². The Morgan fingerprint density at radius 1 is 1.43 bits per heavy atom. The molecule has 3 rings (SSSR count). The molecule has 0 aromatic carbocycles. The van der Waals surface area contributed by atoms with E-state index >= 15 is 0 Å². The number of nitrogens with zero attached hydrogens (tertiary/aromatic N) is 3. The molecule has 1 fully saturated rings.